The second kappa shape index (κ2) is 6.57. The van der Waals surface area contributed by atoms with Crippen molar-refractivity contribution in [3.63, 3.8) is 0 Å². The predicted molar refractivity (Wildman–Crippen MR) is 76.7 cm³/mol. The highest BCUT2D eigenvalue weighted by Crippen LogP contribution is 2.27. The Morgan fingerprint density at radius 2 is 1.75 bits per heavy atom. The quantitative estimate of drug-likeness (QED) is 0.853. The van der Waals surface area contributed by atoms with Crippen molar-refractivity contribution in [3.05, 3.63) is 59.4 Å². The number of carbonyl (C=O) groups is 1. The van der Waals surface area contributed by atoms with E-state index in [1.54, 1.807) is 0 Å². The molecular weight excluding hydrogens is 349 g/mol. The number of carboxylic acids is 1. The molecule has 0 aliphatic heterocycles. The summed E-state index contributed by atoms with van der Waals surface area (Å²) in [5.74, 6) is -1.21. The Bertz CT molecular complexity index is 849. The minimum Gasteiger partial charge on any atom is -0.478 e. The molecule has 1 aromatic carbocycles. The Kier molecular flexibility index (Phi) is 4.90. The molecule has 10 heteroatoms. The highest BCUT2D eigenvalue weighted by molar-refractivity contribution is 7.89. The van der Waals surface area contributed by atoms with Crippen LogP contribution in [-0.4, -0.2) is 24.5 Å². The fraction of sp³-hybridized carbons (Fsp3) is 0.143. The number of aromatic nitrogens is 1. The molecule has 2 aromatic rings. The van der Waals surface area contributed by atoms with Crippen molar-refractivity contribution in [3.8, 4) is 0 Å². The lowest BCUT2D eigenvalue weighted by molar-refractivity contribution is -0.141. The molecule has 2 rings (SSSR count). The SMILES string of the molecule is O=C(O)c1ccc(S(=O)(=O)NCc2cccc(C(F)(F)F)n2)cc1. The molecular formula is C14H11F3N2O4S. The molecule has 2 N–H and O–H groups in total. The number of benzene rings is 1. The molecule has 1 aromatic heterocycles. The van der Waals surface area contributed by atoms with Gasteiger partial charge in [0, 0.05) is 0 Å². The maximum absolute atomic E-state index is 12.6. The van der Waals surface area contributed by atoms with Crippen LogP contribution in [0.4, 0.5) is 13.2 Å². The van der Waals surface area contributed by atoms with E-state index in [0.717, 1.165) is 36.4 Å². The zero-order valence-corrected chi connectivity index (χ0v) is 12.7. The summed E-state index contributed by atoms with van der Waals surface area (Å²) in [6, 6.07) is 7.56. The van der Waals surface area contributed by atoms with E-state index >= 15 is 0 Å². The summed E-state index contributed by atoms with van der Waals surface area (Å²) in [5, 5.41) is 8.76. The number of hydrogen-bond acceptors (Lipinski definition) is 4. The average molecular weight is 360 g/mol. The topological polar surface area (TPSA) is 96.4 Å². The molecule has 0 aliphatic rings. The number of nitrogens with one attached hydrogen (secondary N) is 1. The lowest BCUT2D eigenvalue weighted by Gasteiger charge is -2.09. The van der Waals surface area contributed by atoms with Crippen LogP contribution in [0.2, 0.25) is 0 Å². The first-order valence-corrected chi connectivity index (χ1v) is 7.94. The Morgan fingerprint density at radius 3 is 2.29 bits per heavy atom. The summed E-state index contributed by atoms with van der Waals surface area (Å²) in [7, 11) is -4.01. The minimum absolute atomic E-state index is 0.0894. The number of halogens is 3. The number of aromatic carboxylic acids is 1. The molecule has 0 saturated carbocycles. The first-order chi connectivity index (χ1) is 11.1. The van der Waals surface area contributed by atoms with Gasteiger partial charge in [-0.15, -0.1) is 0 Å². The normalized spacial score (nSPS) is 12.1. The number of nitrogens with zero attached hydrogens (tertiary/aromatic N) is 1. The average Bonchev–Trinajstić information content (AvgIpc) is 2.52. The molecule has 0 bridgehead atoms. The van der Waals surface area contributed by atoms with Gasteiger partial charge in [0.15, 0.2) is 0 Å². The van der Waals surface area contributed by atoms with E-state index in [-0.39, 0.29) is 16.2 Å². The Hall–Kier alpha value is -2.46. The van der Waals surface area contributed by atoms with Gasteiger partial charge in [-0.2, -0.15) is 13.2 Å². The standard InChI is InChI=1S/C14H11F3N2O4S/c15-14(16,17)12-3-1-2-10(19-12)8-18-24(22,23)11-6-4-9(5-7-11)13(20)21/h1-7,18H,8H2,(H,20,21). The van der Waals surface area contributed by atoms with Crippen LogP contribution in [0.15, 0.2) is 47.4 Å². The van der Waals surface area contributed by atoms with Gasteiger partial charge in [0.05, 0.1) is 22.7 Å². The van der Waals surface area contributed by atoms with Crippen molar-refractivity contribution in [2.24, 2.45) is 0 Å². The molecule has 128 valence electrons. The summed E-state index contributed by atoms with van der Waals surface area (Å²) in [6.45, 7) is -0.438. The lowest BCUT2D eigenvalue weighted by atomic mass is 10.2. The maximum atomic E-state index is 12.6. The Labute approximate surface area is 135 Å². The van der Waals surface area contributed by atoms with Gasteiger partial charge >= 0.3 is 12.1 Å². The Morgan fingerprint density at radius 1 is 1.12 bits per heavy atom. The van der Waals surface area contributed by atoms with Gasteiger partial charge in [-0.05, 0) is 36.4 Å². The molecule has 1 heterocycles. The van der Waals surface area contributed by atoms with Crippen molar-refractivity contribution in [1.29, 1.82) is 0 Å². The highest BCUT2D eigenvalue weighted by Gasteiger charge is 2.32. The van der Waals surface area contributed by atoms with Gasteiger partial charge in [-0.1, -0.05) is 6.07 Å². The van der Waals surface area contributed by atoms with Crippen molar-refractivity contribution < 1.29 is 31.5 Å². The number of sulfonamides is 1. The molecule has 0 fully saturated rings. The van der Waals surface area contributed by atoms with Gasteiger partial charge in [-0.3, -0.25) is 0 Å². The minimum atomic E-state index is -4.62. The third kappa shape index (κ3) is 4.30. The van der Waals surface area contributed by atoms with Crippen molar-refractivity contribution in [2.45, 2.75) is 17.6 Å². The second-order valence-corrected chi connectivity index (χ2v) is 6.43. The number of carboxylic acid groups (broad SMARTS) is 1. The van der Waals surface area contributed by atoms with E-state index in [1.165, 1.54) is 6.07 Å². The smallest absolute Gasteiger partial charge is 0.433 e. The zero-order chi connectivity index (χ0) is 18.0. The molecule has 0 spiro atoms. The molecule has 0 unspecified atom stereocenters. The zero-order valence-electron chi connectivity index (χ0n) is 11.9. The summed E-state index contributed by atoms with van der Waals surface area (Å²) < 4.78 is 63.9. The van der Waals surface area contributed by atoms with Gasteiger partial charge < -0.3 is 5.11 Å². The lowest BCUT2D eigenvalue weighted by Crippen LogP contribution is -2.24. The molecule has 0 radical (unpaired) electrons. The van der Waals surface area contributed by atoms with Gasteiger partial charge in [0.1, 0.15) is 5.69 Å². The molecule has 0 aliphatic carbocycles. The van der Waals surface area contributed by atoms with E-state index < -0.39 is 34.4 Å². The number of hydrogen-bond donors (Lipinski definition) is 2. The van der Waals surface area contributed by atoms with Crippen LogP contribution in [0, 0.1) is 0 Å². The van der Waals surface area contributed by atoms with Crippen LogP contribution in [-0.2, 0) is 22.7 Å². The van der Waals surface area contributed by atoms with Crippen LogP contribution < -0.4 is 4.72 Å². The van der Waals surface area contributed by atoms with Crippen LogP contribution in [0.1, 0.15) is 21.7 Å². The fourth-order valence-electron chi connectivity index (χ4n) is 1.76. The van der Waals surface area contributed by atoms with Crippen LogP contribution in [0.5, 0.6) is 0 Å². The predicted octanol–water partition coefficient (Wildman–Crippen LogP) is 2.28. The summed E-state index contributed by atoms with van der Waals surface area (Å²) >= 11 is 0. The first kappa shape index (κ1) is 17.9. The van der Waals surface area contributed by atoms with Gasteiger partial charge in [-0.25, -0.2) is 22.9 Å². The second-order valence-electron chi connectivity index (χ2n) is 4.67. The van der Waals surface area contributed by atoms with E-state index in [0.29, 0.717) is 0 Å². The van der Waals surface area contributed by atoms with Crippen LogP contribution >= 0.6 is 0 Å². The molecule has 6 nitrogen and oxygen atoms in total. The maximum Gasteiger partial charge on any atom is 0.433 e. The number of rotatable bonds is 5. The van der Waals surface area contributed by atoms with E-state index in [9.17, 15) is 26.4 Å². The number of pyridine rings is 1. The summed E-state index contributed by atoms with van der Waals surface area (Å²) in [6.07, 6.45) is -4.62. The van der Waals surface area contributed by atoms with Crippen LogP contribution in [0.3, 0.4) is 0 Å². The molecule has 0 amide bonds. The summed E-state index contributed by atoms with van der Waals surface area (Å²) in [5.41, 5.74) is -1.31. The van der Waals surface area contributed by atoms with E-state index in [1.807, 2.05) is 0 Å². The summed E-state index contributed by atoms with van der Waals surface area (Å²) in [4.78, 5) is 13.9. The number of alkyl halides is 3. The fourth-order valence-corrected chi connectivity index (χ4v) is 2.76. The molecule has 0 saturated heterocycles. The molecule has 24 heavy (non-hydrogen) atoms. The van der Waals surface area contributed by atoms with E-state index in [2.05, 4.69) is 9.71 Å². The van der Waals surface area contributed by atoms with Crippen molar-refractivity contribution in [1.82, 2.24) is 9.71 Å². The third-order valence-corrected chi connectivity index (χ3v) is 4.37. The monoisotopic (exact) mass is 360 g/mol. The third-order valence-electron chi connectivity index (χ3n) is 2.95. The first-order valence-electron chi connectivity index (χ1n) is 6.46. The van der Waals surface area contributed by atoms with E-state index in [4.69, 9.17) is 5.11 Å². The molecule has 0 atom stereocenters. The van der Waals surface area contributed by atoms with Crippen molar-refractivity contribution in [2.75, 3.05) is 0 Å². The van der Waals surface area contributed by atoms with Gasteiger partial charge in [0.25, 0.3) is 0 Å². The van der Waals surface area contributed by atoms with Gasteiger partial charge in [0.2, 0.25) is 10.0 Å². The largest absolute Gasteiger partial charge is 0.478 e. The van der Waals surface area contributed by atoms with Crippen molar-refractivity contribution >= 4 is 16.0 Å². The Balaban J connectivity index is 2.14. The van der Waals surface area contributed by atoms with Crippen LogP contribution in [0.25, 0.3) is 0 Å². The highest BCUT2D eigenvalue weighted by atomic mass is 32.2.